The van der Waals surface area contributed by atoms with Gasteiger partial charge in [0, 0.05) is 19.0 Å². The van der Waals surface area contributed by atoms with Crippen molar-refractivity contribution in [1.29, 1.82) is 0 Å². The molecule has 182 valence electrons. The number of anilines is 2. The molecular formula is C22H31N3O6S2. The Morgan fingerprint density at radius 2 is 1.76 bits per heavy atom. The monoisotopic (exact) mass is 497 g/mol. The number of ether oxygens (including phenoxy) is 1. The van der Waals surface area contributed by atoms with E-state index in [0.717, 1.165) is 11.8 Å². The maximum Gasteiger partial charge on any atom is 0.240 e. The number of hydrogen-bond acceptors (Lipinski definition) is 6. The molecule has 0 aromatic heterocycles. The van der Waals surface area contributed by atoms with E-state index in [0.29, 0.717) is 11.4 Å². The van der Waals surface area contributed by atoms with Crippen LogP contribution >= 0.6 is 0 Å². The average Bonchev–Trinajstić information content (AvgIpc) is 2.70. The topological polar surface area (TPSA) is 122 Å². The van der Waals surface area contributed by atoms with Crippen LogP contribution in [0.3, 0.4) is 0 Å². The van der Waals surface area contributed by atoms with Crippen LogP contribution in [0.4, 0.5) is 11.4 Å². The number of carbonyl (C=O) groups is 1. The van der Waals surface area contributed by atoms with Crippen molar-refractivity contribution in [2.45, 2.75) is 44.6 Å². The molecule has 0 heterocycles. The summed E-state index contributed by atoms with van der Waals surface area (Å²) in [6.45, 7) is 5.36. The summed E-state index contributed by atoms with van der Waals surface area (Å²) in [4.78, 5) is 12.5. The molecule has 0 saturated heterocycles. The number of aryl methyl sites for hydroxylation is 1. The van der Waals surface area contributed by atoms with Crippen molar-refractivity contribution in [1.82, 2.24) is 4.72 Å². The summed E-state index contributed by atoms with van der Waals surface area (Å²) in [6.07, 6.45) is 1.42. The summed E-state index contributed by atoms with van der Waals surface area (Å²) < 4.78 is 58.5. The van der Waals surface area contributed by atoms with Gasteiger partial charge in [-0.2, -0.15) is 0 Å². The molecule has 0 atom stereocenters. The number of amides is 1. The van der Waals surface area contributed by atoms with Crippen molar-refractivity contribution in [2.75, 3.05) is 29.5 Å². The maximum atomic E-state index is 12.6. The van der Waals surface area contributed by atoms with Gasteiger partial charge in [-0.05, 0) is 57.0 Å². The second-order valence-corrected chi connectivity index (χ2v) is 11.5. The van der Waals surface area contributed by atoms with Gasteiger partial charge in [-0.15, -0.1) is 0 Å². The zero-order valence-electron chi connectivity index (χ0n) is 19.5. The molecule has 0 aliphatic rings. The molecule has 0 aliphatic heterocycles. The van der Waals surface area contributed by atoms with Gasteiger partial charge in [-0.25, -0.2) is 21.6 Å². The van der Waals surface area contributed by atoms with Crippen LogP contribution in [0, 0.1) is 6.92 Å². The predicted molar refractivity (Wildman–Crippen MR) is 130 cm³/mol. The second-order valence-electron chi connectivity index (χ2n) is 7.91. The molecule has 9 nitrogen and oxygen atoms in total. The molecular weight excluding hydrogens is 466 g/mol. The second kappa shape index (κ2) is 11.0. The van der Waals surface area contributed by atoms with Crippen LogP contribution in [0.1, 0.15) is 32.3 Å². The molecule has 0 spiro atoms. The molecule has 0 saturated carbocycles. The number of carbonyl (C=O) groups excluding carboxylic acids is 1. The number of methoxy groups -OCH3 is 1. The van der Waals surface area contributed by atoms with Crippen molar-refractivity contribution in [3.8, 4) is 5.75 Å². The fourth-order valence-electron chi connectivity index (χ4n) is 3.23. The lowest BCUT2D eigenvalue weighted by atomic mass is 10.2. The Hall–Kier alpha value is -2.63. The van der Waals surface area contributed by atoms with Crippen molar-refractivity contribution in [3.63, 3.8) is 0 Å². The van der Waals surface area contributed by atoms with Gasteiger partial charge in [0.2, 0.25) is 26.0 Å². The molecule has 0 fully saturated rings. The summed E-state index contributed by atoms with van der Waals surface area (Å²) in [7, 11) is -5.87. The highest BCUT2D eigenvalue weighted by Crippen LogP contribution is 2.28. The van der Waals surface area contributed by atoms with Crippen molar-refractivity contribution < 1.29 is 26.4 Å². The van der Waals surface area contributed by atoms with E-state index >= 15 is 0 Å². The zero-order valence-corrected chi connectivity index (χ0v) is 21.1. The number of benzene rings is 2. The number of hydrogen-bond donors (Lipinski definition) is 2. The molecule has 11 heteroatoms. The molecule has 0 aliphatic carbocycles. The Morgan fingerprint density at radius 1 is 1.09 bits per heavy atom. The van der Waals surface area contributed by atoms with Gasteiger partial charge in [0.15, 0.2) is 0 Å². The Bertz CT molecular complexity index is 1190. The fraction of sp³-hybridized carbons (Fsp3) is 0.409. The molecule has 0 bridgehead atoms. The minimum absolute atomic E-state index is 0.00453. The Balaban J connectivity index is 2.12. The third kappa shape index (κ3) is 7.44. The lowest BCUT2D eigenvalue weighted by molar-refractivity contribution is -0.116. The smallest absolute Gasteiger partial charge is 0.240 e. The van der Waals surface area contributed by atoms with E-state index < -0.39 is 26.0 Å². The molecule has 1 amide bonds. The van der Waals surface area contributed by atoms with E-state index in [4.69, 9.17) is 4.74 Å². The summed E-state index contributed by atoms with van der Waals surface area (Å²) in [5.74, 6) is -0.0811. The van der Waals surface area contributed by atoms with Crippen LogP contribution in [0.2, 0.25) is 0 Å². The van der Waals surface area contributed by atoms with Gasteiger partial charge in [-0.3, -0.25) is 9.10 Å². The minimum Gasteiger partial charge on any atom is -0.495 e. The van der Waals surface area contributed by atoms with Crippen LogP contribution in [0.15, 0.2) is 47.4 Å². The van der Waals surface area contributed by atoms with Crippen molar-refractivity contribution in [3.05, 3.63) is 48.0 Å². The highest BCUT2D eigenvalue weighted by atomic mass is 32.2. The number of rotatable bonds is 11. The van der Waals surface area contributed by atoms with Gasteiger partial charge in [0.1, 0.15) is 5.75 Å². The van der Waals surface area contributed by atoms with Gasteiger partial charge in [0.25, 0.3) is 0 Å². The highest BCUT2D eigenvalue weighted by molar-refractivity contribution is 7.92. The Kier molecular flexibility index (Phi) is 8.87. The molecule has 2 N–H and O–H groups in total. The quantitative estimate of drug-likeness (QED) is 0.492. The molecule has 2 aromatic carbocycles. The van der Waals surface area contributed by atoms with E-state index in [-0.39, 0.29) is 36.0 Å². The van der Waals surface area contributed by atoms with E-state index in [2.05, 4.69) is 10.0 Å². The standard InChI is InChI=1S/C22H31N3O6S2/c1-16(2)24-33(29,30)18-12-13-21(31-4)19(15-18)23-22(26)11-8-14-25(32(5,27)28)20-10-7-6-9-17(20)3/h6-7,9-10,12-13,15-16,24H,8,11,14H2,1-5H3,(H,23,26). The largest absolute Gasteiger partial charge is 0.495 e. The Morgan fingerprint density at radius 3 is 2.33 bits per heavy atom. The number of sulfonamides is 2. The summed E-state index contributed by atoms with van der Waals surface area (Å²) >= 11 is 0. The van der Waals surface area contributed by atoms with Crippen molar-refractivity contribution in [2.24, 2.45) is 0 Å². The average molecular weight is 498 g/mol. The molecule has 0 radical (unpaired) electrons. The SMILES string of the molecule is COc1ccc(S(=O)(=O)NC(C)C)cc1NC(=O)CCCN(c1ccccc1C)S(C)(=O)=O. The van der Waals surface area contributed by atoms with Crippen molar-refractivity contribution >= 4 is 37.3 Å². The van der Waals surface area contributed by atoms with Gasteiger partial charge in [0.05, 0.1) is 29.6 Å². The maximum absolute atomic E-state index is 12.6. The van der Waals surface area contributed by atoms with E-state index in [1.807, 2.05) is 19.1 Å². The van der Waals surface area contributed by atoms with E-state index in [1.165, 1.54) is 29.6 Å². The van der Waals surface area contributed by atoms with Gasteiger partial charge >= 0.3 is 0 Å². The summed E-state index contributed by atoms with van der Waals surface area (Å²) in [5.41, 5.74) is 1.59. The molecule has 2 rings (SSSR count). The summed E-state index contributed by atoms with van der Waals surface area (Å²) in [5, 5.41) is 2.67. The molecule has 0 unspecified atom stereocenters. The summed E-state index contributed by atoms with van der Waals surface area (Å²) in [6, 6.07) is 11.0. The minimum atomic E-state index is -3.75. The fourth-order valence-corrected chi connectivity index (χ4v) is 5.53. The molecule has 2 aromatic rings. The Labute approximate surface area is 196 Å². The predicted octanol–water partition coefficient (Wildman–Crippen LogP) is 2.88. The normalized spacial score (nSPS) is 11.9. The first kappa shape index (κ1) is 26.6. The van der Waals surface area contributed by atoms with Crippen LogP contribution in [0.25, 0.3) is 0 Å². The van der Waals surface area contributed by atoms with E-state index in [9.17, 15) is 21.6 Å². The number of nitrogens with zero attached hydrogens (tertiary/aromatic N) is 1. The first-order valence-corrected chi connectivity index (χ1v) is 13.7. The third-order valence-corrected chi connectivity index (χ3v) is 7.53. The highest BCUT2D eigenvalue weighted by Gasteiger charge is 2.21. The van der Waals surface area contributed by atoms with Crippen LogP contribution in [-0.4, -0.2) is 48.7 Å². The first-order chi connectivity index (χ1) is 15.3. The third-order valence-electron chi connectivity index (χ3n) is 4.70. The molecule has 33 heavy (non-hydrogen) atoms. The van der Waals surface area contributed by atoms with Crippen LogP contribution in [-0.2, 0) is 24.8 Å². The van der Waals surface area contributed by atoms with Crippen LogP contribution in [0.5, 0.6) is 5.75 Å². The lowest BCUT2D eigenvalue weighted by Crippen LogP contribution is -2.32. The van der Waals surface area contributed by atoms with Crippen LogP contribution < -0.4 is 19.1 Å². The van der Waals surface area contributed by atoms with Gasteiger partial charge < -0.3 is 10.1 Å². The van der Waals surface area contributed by atoms with E-state index in [1.54, 1.807) is 26.0 Å². The zero-order chi connectivity index (χ0) is 24.8. The number of para-hydroxylation sites is 1. The number of nitrogens with one attached hydrogen (secondary N) is 2. The lowest BCUT2D eigenvalue weighted by Gasteiger charge is -2.24. The first-order valence-electron chi connectivity index (χ1n) is 10.4. The van der Waals surface area contributed by atoms with Gasteiger partial charge in [-0.1, -0.05) is 18.2 Å².